The summed E-state index contributed by atoms with van der Waals surface area (Å²) in [6.07, 6.45) is 32.0. The van der Waals surface area contributed by atoms with Crippen molar-refractivity contribution in [3.63, 3.8) is 0 Å². The zero-order valence-corrected chi connectivity index (χ0v) is 21.6. The van der Waals surface area contributed by atoms with Crippen LogP contribution in [-0.4, -0.2) is 0 Å². The van der Waals surface area contributed by atoms with E-state index in [1.807, 2.05) is 12.2 Å². The lowest BCUT2D eigenvalue weighted by atomic mass is 9.80. The molecule has 0 unspecified atom stereocenters. The maximum Gasteiger partial charge on any atom is 0.0206 e. The standard InChI is InChI=1S/C32H52/c1-3-5-7-9-13-17-29-21-25-31(26-22-29)19-15-11-12-16-20-32-27-23-30(24-28-32)18-14-10-8-6-4-2/h11-12,29-32H,3-10,13-14,17-18,21-28H2,1-2H3/b12-11+. The van der Waals surface area contributed by atoms with Gasteiger partial charge in [-0.25, -0.2) is 0 Å². The smallest absolute Gasteiger partial charge is 0.0206 e. The van der Waals surface area contributed by atoms with Crippen molar-refractivity contribution in [3.8, 4) is 23.7 Å². The van der Waals surface area contributed by atoms with Gasteiger partial charge in [-0.15, -0.1) is 0 Å². The third-order valence-corrected chi connectivity index (χ3v) is 7.95. The molecule has 0 heteroatoms. The Morgan fingerprint density at radius 3 is 1.25 bits per heavy atom. The lowest BCUT2D eigenvalue weighted by Crippen LogP contribution is -2.13. The van der Waals surface area contributed by atoms with Gasteiger partial charge in [-0.1, -0.05) is 115 Å². The predicted molar refractivity (Wildman–Crippen MR) is 142 cm³/mol. The molecule has 0 aromatic rings. The molecule has 0 aliphatic heterocycles. The van der Waals surface area contributed by atoms with Crippen LogP contribution in [0.2, 0.25) is 0 Å². The van der Waals surface area contributed by atoms with Gasteiger partial charge in [0.1, 0.15) is 0 Å². The molecule has 0 amide bonds. The van der Waals surface area contributed by atoms with E-state index in [1.165, 1.54) is 128 Å². The second-order valence-corrected chi connectivity index (χ2v) is 10.8. The third-order valence-electron chi connectivity index (χ3n) is 7.95. The SMILES string of the molecule is CCCCCCCC1CCC(C#C/C=C/C#CC2CCC(CCCCCCC)CC2)CC1. The van der Waals surface area contributed by atoms with Crippen LogP contribution < -0.4 is 0 Å². The molecule has 0 bridgehead atoms. The fraction of sp³-hybridized carbons (Fsp3) is 0.812. The van der Waals surface area contributed by atoms with E-state index in [0.29, 0.717) is 11.8 Å². The van der Waals surface area contributed by atoms with E-state index in [0.717, 1.165) is 11.8 Å². The van der Waals surface area contributed by atoms with Crippen LogP contribution in [0.4, 0.5) is 0 Å². The second-order valence-electron chi connectivity index (χ2n) is 10.8. The summed E-state index contributed by atoms with van der Waals surface area (Å²) in [5.74, 6) is 16.8. The summed E-state index contributed by atoms with van der Waals surface area (Å²) in [5, 5.41) is 0. The molecule has 0 N–H and O–H groups in total. The highest BCUT2D eigenvalue weighted by Crippen LogP contribution is 2.32. The first-order chi connectivity index (χ1) is 15.8. The minimum atomic E-state index is 0.626. The predicted octanol–water partition coefficient (Wildman–Crippen LogP) is 9.88. The summed E-state index contributed by atoms with van der Waals surface area (Å²) in [6.45, 7) is 4.60. The van der Waals surface area contributed by atoms with Crippen LogP contribution in [0.3, 0.4) is 0 Å². The second kappa shape index (κ2) is 18.3. The molecular formula is C32H52. The van der Waals surface area contributed by atoms with Crippen LogP contribution in [0.25, 0.3) is 0 Å². The number of allylic oxidation sites excluding steroid dienone is 2. The quantitative estimate of drug-likeness (QED) is 0.211. The zero-order chi connectivity index (χ0) is 22.7. The zero-order valence-electron chi connectivity index (χ0n) is 21.6. The summed E-state index contributed by atoms with van der Waals surface area (Å²) >= 11 is 0. The maximum atomic E-state index is 3.50. The molecule has 2 rings (SSSR count). The van der Waals surface area contributed by atoms with Crippen molar-refractivity contribution in [1.82, 2.24) is 0 Å². The number of rotatable bonds is 12. The van der Waals surface area contributed by atoms with E-state index in [2.05, 4.69) is 37.5 Å². The highest BCUT2D eigenvalue weighted by atomic mass is 14.2. The highest BCUT2D eigenvalue weighted by Gasteiger charge is 2.20. The Morgan fingerprint density at radius 2 is 0.875 bits per heavy atom. The van der Waals surface area contributed by atoms with Gasteiger partial charge in [0.05, 0.1) is 0 Å². The van der Waals surface area contributed by atoms with E-state index in [-0.39, 0.29) is 0 Å². The first-order valence-electron chi connectivity index (χ1n) is 14.5. The van der Waals surface area contributed by atoms with Crippen molar-refractivity contribution in [3.05, 3.63) is 12.2 Å². The molecule has 0 atom stereocenters. The number of hydrogen-bond donors (Lipinski definition) is 0. The van der Waals surface area contributed by atoms with Crippen molar-refractivity contribution in [2.45, 2.75) is 142 Å². The Bertz CT molecular complexity index is 533. The molecule has 0 spiro atoms. The van der Waals surface area contributed by atoms with E-state index < -0.39 is 0 Å². The van der Waals surface area contributed by atoms with Crippen LogP contribution in [0.5, 0.6) is 0 Å². The molecule has 2 fully saturated rings. The Hall–Kier alpha value is -1.14. The molecule has 0 heterocycles. The summed E-state index contributed by atoms with van der Waals surface area (Å²) in [4.78, 5) is 0. The summed E-state index contributed by atoms with van der Waals surface area (Å²) in [6, 6.07) is 0. The van der Waals surface area contributed by atoms with Crippen LogP contribution in [0, 0.1) is 47.4 Å². The average molecular weight is 437 g/mol. The fourth-order valence-corrected chi connectivity index (χ4v) is 5.68. The Balaban J connectivity index is 1.52. The Labute approximate surface area is 201 Å². The van der Waals surface area contributed by atoms with Crippen molar-refractivity contribution >= 4 is 0 Å². The first-order valence-corrected chi connectivity index (χ1v) is 14.5. The highest BCUT2D eigenvalue weighted by molar-refractivity contribution is 5.26. The van der Waals surface area contributed by atoms with Crippen LogP contribution in [-0.2, 0) is 0 Å². The van der Waals surface area contributed by atoms with Crippen LogP contribution in [0.15, 0.2) is 12.2 Å². The molecule has 2 aliphatic rings. The monoisotopic (exact) mass is 436 g/mol. The molecular weight excluding hydrogens is 384 g/mol. The molecule has 0 saturated heterocycles. The third kappa shape index (κ3) is 12.8. The fourth-order valence-electron chi connectivity index (χ4n) is 5.68. The van der Waals surface area contributed by atoms with Crippen molar-refractivity contribution in [2.24, 2.45) is 23.7 Å². The lowest BCUT2D eigenvalue weighted by Gasteiger charge is -2.25. The molecule has 0 radical (unpaired) electrons. The van der Waals surface area contributed by atoms with E-state index in [4.69, 9.17) is 0 Å². The van der Waals surface area contributed by atoms with E-state index in [1.54, 1.807) is 0 Å². The van der Waals surface area contributed by atoms with E-state index >= 15 is 0 Å². The number of unbranched alkanes of at least 4 members (excludes halogenated alkanes) is 8. The van der Waals surface area contributed by atoms with Gasteiger partial charge in [0, 0.05) is 11.8 Å². The largest absolute Gasteiger partial charge is 0.0951 e. The minimum Gasteiger partial charge on any atom is -0.0951 e. The normalized spacial score (nSPS) is 25.7. The molecule has 180 valence electrons. The summed E-state index contributed by atoms with van der Waals surface area (Å²) < 4.78 is 0. The van der Waals surface area contributed by atoms with Gasteiger partial charge >= 0.3 is 0 Å². The molecule has 0 aromatic carbocycles. The summed E-state index contributed by atoms with van der Waals surface area (Å²) in [7, 11) is 0. The van der Waals surface area contributed by atoms with Gasteiger partial charge in [0.25, 0.3) is 0 Å². The molecule has 2 saturated carbocycles. The van der Waals surface area contributed by atoms with Crippen molar-refractivity contribution in [1.29, 1.82) is 0 Å². The van der Waals surface area contributed by atoms with Gasteiger partial charge < -0.3 is 0 Å². The van der Waals surface area contributed by atoms with Crippen molar-refractivity contribution < 1.29 is 0 Å². The first kappa shape index (κ1) is 27.1. The van der Waals surface area contributed by atoms with Gasteiger partial charge in [-0.2, -0.15) is 0 Å². The topological polar surface area (TPSA) is 0 Å². The molecule has 2 aliphatic carbocycles. The van der Waals surface area contributed by atoms with Crippen LogP contribution in [0.1, 0.15) is 142 Å². The maximum absolute atomic E-state index is 3.50. The van der Waals surface area contributed by atoms with E-state index in [9.17, 15) is 0 Å². The number of hydrogen-bond acceptors (Lipinski definition) is 0. The lowest BCUT2D eigenvalue weighted by molar-refractivity contribution is 0.294. The Kier molecular flexibility index (Phi) is 15.5. The average Bonchev–Trinajstić information content (AvgIpc) is 2.83. The van der Waals surface area contributed by atoms with Gasteiger partial charge in [0.15, 0.2) is 0 Å². The Morgan fingerprint density at radius 1 is 0.500 bits per heavy atom. The van der Waals surface area contributed by atoms with Crippen LogP contribution >= 0.6 is 0 Å². The van der Waals surface area contributed by atoms with Crippen molar-refractivity contribution in [2.75, 3.05) is 0 Å². The van der Waals surface area contributed by atoms with Gasteiger partial charge in [-0.05, 0) is 75.4 Å². The van der Waals surface area contributed by atoms with Gasteiger partial charge in [-0.3, -0.25) is 0 Å². The van der Waals surface area contributed by atoms with Gasteiger partial charge in [0.2, 0.25) is 0 Å². The molecule has 0 aromatic heterocycles. The minimum absolute atomic E-state index is 0.626. The summed E-state index contributed by atoms with van der Waals surface area (Å²) in [5.41, 5.74) is 0. The molecule has 0 nitrogen and oxygen atoms in total. The molecule has 32 heavy (non-hydrogen) atoms.